The number of amides is 1. The summed E-state index contributed by atoms with van der Waals surface area (Å²) in [4.78, 5) is 11.1. The van der Waals surface area contributed by atoms with E-state index in [9.17, 15) is 4.79 Å². The van der Waals surface area contributed by atoms with Crippen LogP contribution >= 0.6 is 0 Å². The van der Waals surface area contributed by atoms with Gasteiger partial charge < -0.3 is 10.1 Å². The molecule has 12 heavy (non-hydrogen) atoms. The van der Waals surface area contributed by atoms with Gasteiger partial charge in [-0.05, 0) is 33.1 Å². The van der Waals surface area contributed by atoms with Crippen LogP contribution in [0.2, 0.25) is 0 Å². The molecule has 0 unspecified atom stereocenters. The smallest absolute Gasteiger partial charge is 0.407 e. The van der Waals surface area contributed by atoms with Gasteiger partial charge in [-0.1, -0.05) is 6.92 Å². The number of alkyl carbamates (subject to hydrolysis) is 1. The summed E-state index contributed by atoms with van der Waals surface area (Å²) in [6.07, 6.45) is 0.788. The van der Waals surface area contributed by atoms with Crippen LogP contribution < -0.4 is 5.32 Å². The minimum absolute atomic E-state index is 0.295. The molecule has 0 heterocycles. The summed E-state index contributed by atoms with van der Waals surface area (Å²) < 4.78 is 5.09. The van der Waals surface area contributed by atoms with E-state index >= 15 is 0 Å². The molecule has 1 saturated carbocycles. The highest BCUT2D eigenvalue weighted by molar-refractivity contribution is 5.68. The Morgan fingerprint density at radius 3 is 2.33 bits per heavy atom. The van der Waals surface area contributed by atoms with Gasteiger partial charge >= 0.3 is 6.09 Å². The molecule has 0 spiro atoms. The van der Waals surface area contributed by atoms with E-state index < -0.39 is 0 Å². The van der Waals surface area contributed by atoms with Crippen molar-refractivity contribution in [2.45, 2.75) is 45.8 Å². The van der Waals surface area contributed by atoms with Gasteiger partial charge in [0.1, 0.15) is 5.60 Å². The van der Waals surface area contributed by atoms with Crippen molar-refractivity contribution in [2.75, 3.05) is 0 Å². The van der Waals surface area contributed by atoms with Crippen molar-refractivity contribution in [1.82, 2.24) is 5.32 Å². The molecule has 0 aliphatic heterocycles. The normalized spacial score (nSPS) is 28.0. The van der Waals surface area contributed by atoms with Crippen LogP contribution in [0.15, 0.2) is 0 Å². The van der Waals surface area contributed by atoms with Crippen molar-refractivity contribution in [2.24, 2.45) is 5.92 Å². The van der Waals surface area contributed by atoms with E-state index in [4.69, 9.17) is 4.74 Å². The molecule has 2 atom stereocenters. The zero-order chi connectivity index (χ0) is 9.35. The predicted molar refractivity (Wildman–Crippen MR) is 46.9 cm³/mol. The summed E-state index contributed by atoms with van der Waals surface area (Å²) in [5.74, 6) is 0.623. The van der Waals surface area contributed by atoms with Gasteiger partial charge in [-0.25, -0.2) is 4.79 Å². The molecule has 1 aliphatic rings. The third kappa shape index (κ3) is 3.11. The van der Waals surface area contributed by atoms with Crippen LogP contribution in [-0.2, 0) is 4.74 Å². The van der Waals surface area contributed by atoms with Gasteiger partial charge in [-0.15, -0.1) is 0 Å². The SMILES string of the molecule is C[C@H]1C[C@H]1NC(=O)OC(C)(C)C. The van der Waals surface area contributed by atoms with E-state index in [2.05, 4.69) is 12.2 Å². The maximum absolute atomic E-state index is 11.1. The first kappa shape index (κ1) is 9.36. The molecular weight excluding hydrogens is 154 g/mol. The van der Waals surface area contributed by atoms with E-state index in [1.807, 2.05) is 20.8 Å². The lowest BCUT2D eigenvalue weighted by Gasteiger charge is -2.19. The van der Waals surface area contributed by atoms with E-state index in [-0.39, 0.29) is 11.7 Å². The number of hydrogen-bond donors (Lipinski definition) is 1. The van der Waals surface area contributed by atoms with Crippen LogP contribution in [0.1, 0.15) is 34.1 Å². The molecule has 0 radical (unpaired) electrons. The summed E-state index contributed by atoms with van der Waals surface area (Å²) in [5.41, 5.74) is -0.387. The average molecular weight is 171 g/mol. The molecule has 0 aromatic heterocycles. The van der Waals surface area contributed by atoms with Gasteiger partial charge in [0.25, 0.3) is 0 Å². The summed E-state index contributed by atoms with van der Waals surface area (Å²) in [6, 6.07) is 0.347. The highest BCUT2D eigenvalue weighted by Crippen LogP contribution is 2.29. The zero-order valence-electron chi connectivity index (χ0n) is 8.18. The first-order valence-electron chi connectivity index (χ1n) is 4.38. The van der Waals surface area contributed by atoms with Gasteiger partial charge in [-0.2, -0.15) is 0 Å². The van der Waals surface area contributed by atoms with Crippen molar-refractivity contribution >= 4 is 6.09 Å². The second-order valence-corrected chi connectivity index (χ2v) is 4.47. The maximum Gasteiger partial charge on any atom is 0.407 e. The van der Waals surface area contributed by atoms with Gasteiger partial charge in [0, 0.05) is 6.04 Å². The molecule has 1 amide bonds. The fourth-order valence-electron chi connectivity index (χ4n) is 0.982. The molecule has 0 saturated heterocycles. The Morgan fingerprint density at radius 2 is 2.00 bits per heavy atom. The molecule has 1 N–H and O–H groups in total. The Hall–Kier alpha value is -0.730. The van der Waals surface area contributed by atoms with Crippen molar-refractivity contribution in [1.29, 1.82) is 0 Å². The van der Waals surface area contributed by atoms with Crippen LogP contribution in [0.4, 0.5) is 4.79 Å². The monoisotopic (exact) mass is 171 g/mol. The second-order valence-electron chi connectivity index (χ2n) is 4.47. The van der Waals surface area contributed by atoms with Crippen LogP contribution in [0.25, 0.3) is 0 Å². The van der Waals surface area contributed by atoms with Crippen LogP contribution in [0, 0.1) is 5.92 Å². The lowest BCUT2D eigenvalue weighted by Crippen LogP contribution is -2.34. The number of nitrogens with one attached hydrogen (secondary N) is 1. The van der Waals surface area contributed by atoms with Crippen molar-refractivity contribution < 1.29 is 9.53 Å². The maximum atomic E-state index is 11.1. The van der Waals surface area contributed by atoms with Crippen molar-refractivity contribution in [3.63, 3.8) is 0 Å². The summed E-state index contributed by atoms with van der Waals surface area (Å²) in [5, 5.41) is 2.80. The topological polar surface area (TPSA) is 38.3 Å². The third-order valence-electron chi connectivity index (χ3n) is 1.81. The molecule has 0 aromatic carbocycles. The van der Waals surface area contributed by atoms with E-state index in [1.165, 1.54) is 0 Å². The Kier molecular flexibility index (Phi) is 2.31. The molecule has 3 nitrogen and oxygen atoms in total. The molecular formula is C9H17NO2. The van der Waals surface area contributed by atoms with Gasteiger partial charge in [-0.3, -0.25) is 0 Å². The molecule has 3 heteroatoms. The highest BCUT2D eigenvalue weighted by Gasteiger charge is 2.34. The number of rotatable bonds is 1. The van der Waals surface area contributed by atoms with Gasteiger partial charge in [0.2, 0.25) is 0 Å². The molecule has 1 rings (SSSR count). The molecule has 1 aliphatic carbocycles. The first-order chi connectivity index (χ1) is 5.38. The van der Waals surface area contributed by atoms with Crippen LogP contribution in [0.5, 0.6) is 0 Å². The van der Waals surface area contributed by atoms with Crippen LogP contribution in [0.3, 0.4) is 0 Å². The van der Waals surface area contributed by atoms with Crippen molar-refractivity contribution in [3.05, 3.63) is 0 Å². The Labute approximate surface area is 73.5 Å². The largest absolute Gasteiger partial charge is 0.444 e. The molecule has 0 bridgehead atoms. The Bertz CT molecular complexity index is 183. The molecule has 70 valence electrons. The van der Waals surface area contributed by atoms with E-state index in [0.29, 0.717) is 12.0 Å². The minimum Gasteiger partial charge on any atom is -0.444 e. The molecule has 0 aromatic rings. The van der Waals surface area contributed by atoms with E-state index in [1.54, 1.807) is 0 Å². The quantitative estimate of drug-likeness (QED) is 0.654. The Morgan fingerprint density at radius 1 is 1.50 bits per heavy atom. The number of carbonyl (C=O) groups is 1. The summed E-state index contributed by atoms with van der Waals surface area (Å²) in [7, 11) is 0. The second kappa shape index (κ2) is 2.96. The van der Waals surface area contributed by atoms with Gasteiger partial charge in [0.05, 0.1) is 0 Å². The zero-order valence-corrected chi connectivity index (χ0v) is 8.18. The average Bonchev–Trinajstić information content (AvgIpc) is 2.40. The lowest BCUT2D eigenvalue weighted by atomic mass is 10.2. The van der Waals surface area contributed by atoms with Crippen LogP contribution in [-0.4, -0.2) is 17.7 Å². The summed E-state index contributed by atoms with van der Waals surface area (Å²) in [6.45, 7) is 7.71. The first-order valence-corrected chi connectivity index (χ1v) is 4.38. The van der Waals surface area contributed by atoms with Crippen molar-refractivity contribution in [3.8, 4) is 0 Å². The highest BCUT2D eigenvalue weighted by atomic mass is 16.6. The number of carbonyl (C=O) groups excluding carboxylic acids is 1. The predicted octanol–water partition coefficient (Wildman–Crippen LogP) is 1.92. The van der Waals surface area contributed by atoms with Gasteiger partial charge in [0.15, 0.2) is 0 Å². The number of hydrogen-bond acceptors (Lipinski definition) is 2. The Balaban J connectivity index is 2.21. The summed E-state index contributed by atoms with van der Waals surface area (Å²) >= 11 is 0. The fourth-order valence-corrected chi connectivity index (χ4v) is 0.982. The fraction of sp³-hybridized carbons (Fsp3) is 0.889. The van der Waals surface area contributed by atoms with E-state index in [0.717, 1.165) is 6.42 Å². The lowest BCUT2D eigenvalue weighted by molar-refractivity contribution is 0.0521. The number of ether oxygens (including phenoxy) is 1. The minimum atomic E-state index is -0.387. The standard InChI is InChI=1S/C9H17NO2/c1-6-5-7(6)10-8(11)12-9(2,3)4/h6-7H,5H2,1-4H3,(H,10,11)/t6-,7+/m0/s1. The molecule has 1 fully saturated rings. The third-order valence-corrected chi connectivity index (χ3v) is 1.81.